The molecule has 0 bridgehead atoms. The van der Waals surface area contributed by atoms with Crippen LogP contribution in [0.2, 0.25) is 0 Å². The molecular weight excluding hydrogens is 268 g/mol. The van der Waals surface area contributed by atoms with Gasteiger partial charge in [0.1, 0.15) is 0 Å². The van der Waals surface area contributed by atoms with Crippen LogP contribution in [0.4, 0.5) is 14.5 Å². The standard InChI is InChI=1S/C10H10BrF2NO/c1-14(5-10(12)13)9-4-8(11)3-2-7(9)6-15/h2-4,6,10H,5H2,1H3. The average molecular weight is 278 g/mol. The fourth-order valence-electron chi connectivity index (χ4n) is 1.25. The van der Waals surface area contributed by atoms with E-state index in [4.69, 9.17) is 0 Å². The van der Waals surface area contributed by atoms with Crippen LogP contribution in [0.25, 0.3) is 0 Å². The minimum atomic E-state index is -2.42. The molecule has 0 aromatic heterocycles. The van der Waals surface area contributed by atoms with E-state index in [1.807, 2.05) is 0 Å². The van der Waals surface area contributed by atoms with Gasteiger partial charge in [-0.15, -0.1) is 0 Å². The first-order chi connectivity index (χ1) is 7.04. The van der Waals surface area contributed by atoms with E-state index in [1.165, 1.54) is 11.9 Å². The van der Waals surface area contributed by atoms with Crippen molar-refractivity contribution in [3.05, 3.63) is 28.2 Å². The van der Waals surface area contributed by atoms with Crippen LogP contribution in [0.3, 0.4) is 0 Å². The first-order valence-corrected chi connectivity index (χ1v) is 5.08. The van der Waals surface area contributed by atoms with Crippen molar-refractivity contribution in [3.63, 3.8) is 0 Å². The van der Waals surface area contributed by atoms with Crippen LogP contribution in [-0.4, -0.2) is 26.3 Å². The topological polar surface area (TPSA) is 20.3 Å². The lowest BCUT2D eigenvalue weighted by molar-refractivity contribution is 0.112. The maximum Gasteiger partial charge on any atom is 0.255 e. The molecule has 5 heteroatoms. The number of anilines is 1. The Morgan fingerprint density at radius 3 is 2.73 bits per heavy atom. The normalized spacial score (nSPS) is 10.5. The van der Waals surface area contributed by atoms with Gasteiger partial charge in [-0.2, -0.15) is 0 Å². The van der Waals surface area contributed by atoms with E-state index >= 15 is 0 Å². The molecule has 0 unspecified atom stereocenters. The Morgan fingerprint density at radius 2 is 2.20 bits per heavy atom. The van der Waals surface area contributed by atoms with Gasteiger partial charge in [-0.25, -0.2) is 8.78 Å². The second-order valence-electron chi connectivity index (χ2n) is 3.09. The monoisotopic (exact) mass is 277 g/mol. The number of alkyl halides is 2. The summed E-state index contributed by atoms with van der Waals surface area (Å²) in [6.07, 6.45) is -1.77. The molecule has 0 atom stereocenters. The summed E-state index contributed by atoms with van der Waals surface area (Å²) in [5, 5.41) is 0. The van der Waals surface area contributed by atoms with Gasteiger partial charge in [0, 0.05) is 22.8 Å². The molecule has 0 saturated heterocycles. The smallest absolute Gasteiger partial charge is 0.255 e. The highest BCUT2D eigenvalue weighted by molar-refractivity contribution is 9.10. The van der Waals surface area contributed by atoms with Crippen LogP contribution in [0.1, 0.15) is 10.4 Å². The first-order valence-electron chi connectivity index (χ1n) is 4.28. The van der Waals surface area contributed by atoms with Gasteiger partial charge in [0.15, 0.2) is 6.29 Å². The lowest BCUT2D eigenvalue weighted by Crippen LogP contribution is -2.25. The zero-order valence-corrected chi connectivity index (χ0v) is 9.67. The maximum absolute atomic E-state index is 12.2. The van der Waals surface area contributed by atoms with Gasteiger partial charge in [0.2, 0.25) is 0 Å². The van der Waals surface area contributed by atoms with Crippen molar-refractivity contribution in [1.29, 1.82) is 0 Å². The van der Waals surface area contributed by atoms with E-state index in [0.29, 0.717) is 17.5 Å². The number of hydrogen-bond acceptors (Lipinski definition) is 2. The molecule has 0 spiro atoms. The Labute approximate surface area is 95.0 Å². The molecule has 0 aliphatic rings. The number of aldehydes is 1. The van der Waals surface area contributed by atoms with E-state index in [9.17, 15) is 13.6 Å². The molecule has 1 aromatic rings. The molecule has 82 valence electrons. The third-order valence-electron chi connectivity index (χ3n) is 1.94. The van der Waals surface area contributed by atoms with Gasteiger partial charge >= 0.3 is 0 Å². The van der Waals surface area contributed by atoms with Crippen molar-refractivity contribution in [2.24, 2.45) is 0 Å². The van der Waals surface area contributed by atoms with Crippen molar-refractivity contribution < 1.29 is 13.6 Å². The van der Waals surface area contributed by atoms with Crippen LogP contribution in [0.15, 0.2) is 22.7 Å². The van der Waals surface area contributed by atoms with Crippen molar-refractivity contribution in [2.45, 2.75) is 6.43 Å². The first kappa shape index (κ1) is 12.1. The van der Waals surface area contributed by atoms with Crippen molar-refractivity contribution in [1.82, 2.24) is 0 Å². The molecule has 15 heavy (non-hydrogen) atoms. The highest BCUT2D eigenvalue weighted by atomic mass is 79.9. The Hall–Kier alpha value is -0.970. The fourth-order valence-corrected chi connectivity index (χ4v) is 1.60. The van der Waals surface area contributed by atoms with Crippen LogP contribution < -0.4 is 4.90 Å². The van der Waals surface area contributed by atoms with Crippen LogP contribution in [-0.2, 0) is 0 Å². The molecule has 1 rings (SSSR count). The molecule has 2 nitrogen and oxygen atoms in total. The molecule has 0 radical (unpaired) electrons. The van der Waals surface area contributed by atoms with Crippen molar-refractivity contribution in [2.75, 3.05) is 18.5 Å². The number of carbonyl (C=O) groups excluding carboxylic acids is 1. The van der Waals surface area contributed by atoms with Gasteiger partial charge in [-0.05, 0) is 18.2 Å². The number of nitrogens with zero attached hydrogens (tertiary/aromatic N) is 1. The van der Waals surface area contributed by atoms with Gasteiger partial charge in [0.25, 0.3) is 6.43 Å². The average Bonchev–Trinajstić information content (AvgIpc) is 2.16. The summed E-state index contributed by atoms with van der Waals surface area (Å²) in [4.78, 5) is 12.1. The summed E-state index contributed by atoms with van der Waals surface area (Å²) >= 11 is 3.23. The maximum atomic E-state index is 12.2. The summed E-state index contributed by atoms with van der Waals surface area (Å²) in [7, 11) is 1.53. The third-order valence-corrected chi connectivity index (χ3v) is 2.44. The molecule has 0 heterocycles. The molecule has 0 N–H and O–H groups in total. The zero-order chi connectivity index (χ0) is 11.4. The number of rotatable bonds is 4. The van der Waals surface area contributed by atoms with Gasteiger partial charge in [-0.3, -0.25) is 4.79 Å². The van der Waals surface area contributed by atoms with Crippen molar-refractivity contribution in [3.8, 4) is 0 Å². The Balaban J connectivity index is 2.99. The number of hydrogen-bond donors (Lipinski definition) is 0. The number of carbonyl (C=O) groups is 1. The van der Waals surface area contributed by atoms with Gasteiger partial charge < -0.3 is 4.90 Å². The number of benzene rings is 1. The van der Waals surface area contributed by atoms with E-state index in [1.54, 1.807) is 18.2 Å². The number of halogens is 3. The van der Waals surface area contributed by atoms with E-state index in [2.05, 4.69) is 15.9 Å². The van der Waals surface area contributed by atoms with E-state index < -0.39 is 13.0 Å². The highest BCUT2D eigenvalue weighted by Gasteiger charge is 2.12. The molecule has 1 aromatic carbocycles. The minimum Gasteiger partial charge on any atom is -0.368 e. The predicted octanol–water partition coefficient (Wildman–Crippen LogP) is 2.96. The van der Waals surface area contributed by atoms with Gasteiger partial charge in [0.05, 0.1) is 6.54 Å². The van der Waals surface area contributed by atoms with E-state index in [0.717, 1.165) is 4.47 Å². The quantitative estimate of drug-likeness (QED) is 0.789. The van der Waals surface area contributed by atoms with Crippen LogP contribution in [0, 0.1) is 0 Å². The molecule has 0 saturated carbocycles. The summed E-state index contributed by atoms with van der Waals surface area (Å²) < 4.78 is 25.1. The third kappa shape index (κ3) is 3.27. The van der Waals surface area contributed by atoms with E-state index in [-0.39, 0.29) is 0 Å². The molecule has 0 amide bonds. The molecule has 0 aliphatic carbocycles. The summed E-state index contributed by atoms with van der Waals surface area (Å²) in [5.41, 5.74) is 0.904. The second-order valence-corrected chi connectivity index (χ2v) is 4.01. The van der Waals surface area contributed by atoms with Crippen LogP contribution >= 0.6 is 15.9 Å². The molecule has 0 fully saturated rings. The summed E-state index contributed by atoms with van der Waals surface area (Å²) in [5.74, 6) is 0. The van der Waals surface area contributed by atoms with Gasteiger partial charge in [-0.1, -0.05) is 15.9 Å². The Bertz CT molecular complexity index is 357. The lowest BCUT2D eigenvalue weighted by Gasteiger charge is -2.20. The molecule has 0 aliphatic heterocycles. The highest BCUT2D eigenvalue weighted by Crippen LogP contribution is 2.23. The minimum absolute atomic E-state index is 0.392. The zero-order valence-electron chi connectivity index (χ0n) is 8.08. The van der Waals surface area contributed by atoms with Crippen molar-refractivity contribution >= 4 is 27.9 Å². The lowest BCUT2D eigenvalue weighted by atomic mass is 10.2. The summed E-state index contributed by atoms with van der Waals surface area (Å²) in [6, 6.07) is 4.93. The predicted molar refractivity (Wildman–Crippen MR) is 58.8 cm³/mol. The Morgan fingerprint density at radius 1 is 1.53 bits per heavy atom. The Kier molecular flexibility index (Phi) is 4.20. The SMILES string of the molecule is CN(CC(F)F)c1cc(Br)ccc1C=O. The second kappa shape index (κ2) is 5.21. The fraction of sp³-hybridized carbons (Fsp3) is 0.300. The molecular formula is C10H10BrF2NO. The summed E-state index contributed by atoms with van der Waals surface area (Å²) in [6.45, 7) is -0.392. The largest absolute Gasteiger partial charge is 0.368 e. The van der Waals surface area contributed by atoms with Crippen LogP contribution in [0.5, 0.6) is 0 Å².